The molecule has 0 radical (unpaired) electrons. The first-order valence-electron chi connectivity index (χ1n) is 5.48. The van der Waals surface area contributed by atoms with E-state index in [1.165, 1.54) is 11.1 Å². The topological polar surface area (TPSA) is 151 Å². The fraction of sp³-hybridized carbons (Fsp3) is 0.333. The van der Waals surface area contributed by atoms with Gasteiger partial charge in [-0.1, -0.05) is 6.08 Å². The normalized spacial score (nSPS) is 22.6. The van der Waals surface area contributed by atoms with E-state index in [-0.39, 0.29) is 11.9 Å². The molecule has 0 bridgehead atoms. The van der Waals surface area contributed by atoms with Gasteiger partial charge >= 0.3 is 15.2 Å². The van der Waals surface area contributed by atoms with E-state index in [1.54, 1.807) is 24.4 Å². The van der Waals surface area contributed by atoms with Gasteiger partial charge in [-0.3, -0.25) is 9.13 Å². The van der Waals surface area contributed by atoms with Crippen LogP contribution in [0.2, 0.25) is 0 Å². The zero-order valence-electron chi connectivity index (χ0n) is 10.1. The van der Waals surface area contributed by atoms with Crippen molar-refractivity contribution < 1.29 is 33.8 Å². The summed E-state index contributed by atoms with van der Waals surface area (Å²) in [5.74, 6) is 0. The van der Waals surface area contributed by atoms with Gasteiger partial charge in [-0.15, -0.1) is 0 Å². The first kappa shape index (κ1) is 15.5. The zero-order valence-corrected chi connectivity index (χ0v) is 11.9. The minimum atomic E-state index is -5.45. The molecule has 1 unspecified atom stereocenters. The first-order chi connectivity index (χ1) is 9.06. The van der Waals surface area contributed by atoms with Crippen molar-refractivity contribution in [1.29, 1.82) is 0 Å². The summed E-state index contributed by atoms with van der Waals surface area (Å²) in [6.07, 6.45) is 6.83. The third-order valence-electron chi connectivity index (χ3n) is 3.05. The monoisotopic (exact) mass is 324 g/mol. The Morgan fingerprint density at radius 3 is 2.35 bits per heavy atom. The minimum Gasteiger partial charge on any atom is -0.367 e. The van der Waals surface area contributed by atoms with Crippen LogP contribution in [0.25, 0.3) is 0 Å². The molecule has 2 heterocycles. The second kappa shape index (κ2) is 4.82. The molecule has 0 aromatic rings. The highest BCUT2D eigenvalue weighted by Crippen LogP contribution is 2.69. The molecule has 11 heteroatoms. The first-order valence-corrected chi connectivity index (χ1v) is 8.71. The molecular formula is C9H14N2O7P2. The number of fused-ring (bicyclic) bond motifs is 1. The average molecular weight is 324 g/mol. The summed E-state index contributed by atoms with van der Waals surface area (Å²) in [6.45, 7) is 0. The van der Waals surface area contributed by atoms with E-state index in [1.807, 2.05) is 0 Å². The van der Waals surface area contributed by atoms with Gasteiger partial charge in [0.25, 0.3) is 5.08 Å². The third-order valence-corrected chi connectivity index (χ3v) is 6.80. The fourth-order valence-electron chi connectivity index (χ4n) is 1.92. The molecule has 0 saturated carbocycles. The number of rotatable bonds is 4. The molecule has 0 amide bonds. The smallest absolute Gasteiger partial charge is 0.367 e. The summed E-state index contributed by atoms with van der Waals surface area (Å²) in [4.78, 5) is 37.9. The van der Waals surface area contributed by atoms with Crippen LogP contribution in [0.3, 0.4) is 0 Å². The maximum absolute atomic E-state index is 11.3. The summed E-state index contributed by atoms with van der Waals surface area (Å²) in [6, 6.07) is 0. The predicted molar refractivity (Wildman–Crippen MR) is 68.8 cm³/mol. The Labute approximate surface area is 114 Å². The molecule has 9 nitrogen and oxygen atoms in total. The molecule has 0 aromatic heterocycles. The van der Waals surface area contributed by atoms with Crippen LogP contribution in [0, 0.1) is 0 Å². The number of aliphatic hydroxyl groups is 1. The molecule has 20 heavy (non-hydrogen) atoms. The number of hydrogen-bond acceptors (Lipinski definition) is 5. The van der Waals surface area contributed by atoms with E-state index in [0.717, 1.165) is 0 Å². The number of nitrogens with zero attached hydrogens (tertiary/aromatic N) is 1. The van der Waals surface area contributed by atoms with Crippen molar-refractivity contribution in [2.45, 2.75) is 17.7 Å². The van der Waals surface area contributed by atoms with E-state index >= 15 is 0 Å². The van der Waals surface area contributed by atoms with Gasteiger partial charge in [0.1, 0.15) is 6.17 Å². The quantitative estimate of drug-likeness (QED) is 0.377. The molecule has 0 fully saturated rings. The second-order valence-electron chi connectivity index (χ2n) is 4.42. The molecule has 2 rings (SSSR count). The molecule has 0 aliphatic carbocycles. The van der Waals surface area contributed by atoms with Crippen LogP contribution in [-0.2, 0) is 9.13 Å². The summed E-state index contributed by atoms with van der Waals surface area (Å²) in [7, 11) is -10.9. The lowest BCUT2D eigenvalue weighted by Gasteiger charge is -2.32. The van der Waals surface area contributed by atoms with Gasteiger partial charge in [0.2, 0.25) is 0 Å². The molecule has 112 valence electrons. The highest BCUT2D eigenvalue weighted by atomic mass is 31.2. The van der Waals surface area contributed by atoms with Crippen molar-refractivity contribution >= 4 is 15.2 Å². The van der Waals surface area contributed by atoms with Crippen molar-refractivity contribution in [1.82, 2.24) is 10.2 Å². The molecular weight excluding hydrogens is 310 g/mol. The molecule has 2 aliphatic rings. The lowest BCUT2D eigenvalue weighted by atomic mass is 10.2. The van der Waals surface area contributed by atoms with Gasteiger partial charge in [-0.25, -0.2) is 0 Å². The van der Waals surface area contributed by atoms with Crippen LogP contribution in [0.15, 0.2) is 36.3 Å². The van der Waals surface area contributed by atoms with Crippen molar-refractivity contribution in [2.75, 3.05) is 0 Å². The second-order valence-corrected chi connectivity index (χ2v) is 8.43. The van der Waals surface area contributed by atoms with Crippen LogP contribution in [-0.4, -0.2) is 40.8 Å². The van der Waals surface area contributed by atoms with E-state index in [4.69, 9.17) is 19.6 Å². The largest absolute Gasteiger partial charge is 0.369 e. The Morgan fingerprint density at radius 2 is 1.80 bits per heavy atom. The van der Waals surface area contributed by atoms with E-state index in [0.29, 0.717) is 0 Å². The Hall–Kier alpha value is -0.920. The van der Waals surface area contributed by atoms with E-state index in [2.05, 4.69) is 5.32 Å². The summed E-state index contributed by atoms with van der Waals surface area (Å²) < 4.78 is 22.6. The molecule has 0 aromatic carbocycles. The van der Waals surface area contributed by atoms with E-state index in [9.17, 15) is 14.2 Å². The predicted octanol–water partition coefficient (Wildman–Crippen LogP) is -0.466. The average Bonchev–Trinajstić information content (AvgIpc) is 2.70. The van der Waals surface area contributed by atoms with Crippen LogP contribution in [0.1, 0.15) is 6.42 Å². The highest BCUT2D eigenvalue weighted by molar-refractivity contribution is 7.72. The Morgan fingerprint density at radius 1 is 1.20 bits per heavy atom. The van der Waals surface area contributed by atoms with Crippen molar-refractivity contribution in [3.63, 3.8) is 0 Å². The molecule has 6 N–H and O–H groups in total. The van der Waals surface area contributed by atoms with Crippen LogP contribution in [0.4, 0.5) is 0 Å². The Kier molecular flexibility index (Phi) is 3.73. The molecule has 2 aliphatic heterocycles. The van der Waals surface area contributed by atoms with Crippen LogP contribution in [0.5, 0.6) is 0 Å². The van der Waals surface area contributed by atoms with Gasteiger partial charge in [-0.2, -0.15) is 0 Å². The van der Waals surface area contributed by atoms with Crippen LogP contribution < -0.4 is 5.32 Å². The SMILES string of the molecule is O=P(O)(O)C(O)(CC1=CNC2C=CC=CN12)P(=O)(O)O. The molecule has 1 atom stereocenters. The van der Waals surface area contributed by atoms with E-state index < -0.39 is 26.7 Å². The number of allylic oxidation sites excluding steroid dienone is 2. The molecule has 0 spiro atoms. The standard InChI is InChI=1S/C9H14N2O7P2/c12-9(19(13,14)15,20(16,17)18)5-7-6-10-8-3-1-2-4-11(7)8/h1-4,6,8,10,12H,5H2,(H2,13,14,15)(H2,16,17,18). The van der Waals surface area contributed by atoms with Gasteiger partial charge in [0.05, 0.1) is 0 Å². The van der Waals surface area contributed by atoms with Crippen molar-refractivity contribution in [3.05, 3.63) is 36.3 Å². The number of hydrogen-bond donors (Lipinski definition) is 6. The highest BCUT2D eigenvalue weighted by Gasteiger charge is 2.60. The van der Waals surface area contributed by atoms with Gasteiger partial charge in [0, 0.05) is 24.5 Å². The minimum absolute atomic E-state index is 0.157. The summed E-state index contributed by atoms with van der Waals surface area (Å²) in [5.41, 5.74) is 0.157. The summed E-state index contributed by atoms with van der Waals surface area (Å²) in [5, 5.41) is 9.27. The molecule has 0 saturated heterocycles. The lowest BCUT2D eigenvalue weighted by molar-refractivity contribution is 0.125. The van der Waals surface area contributed by atoms with Crippen molar-refractivity contribution in [3.8, 4) is 0 Å². The van der Waals surface area contributed by atoms with Crippen LogP contribution >= 0.6 is 15.2 Å². The van der Waals surface area contributed by atoms with Gasteiger partial charge in [-0.05, 0) is 12.2 Å². The third kappa shape index (κ3) is 2.49. The number of nitrogens with one attached hydrogen (secondary N) is 1. The maximum Gasteiger partial charge on any atom is 0.369 e. The van der Waals surface area contributed by atoms with Gasteiger partial charge < -0.3 is 34.9 Å². The maximum atomic E-state index is 11.3. The Bertz CT molecular complexity index is 565. The zero-order chi connectivity index (χ0) is 15.2. The lowest BCUT2D eigenvalue weighted by Crippen LogP contribution is -2.35. The Balaban J connectivity index is 2.32. The van der Waals surface area contributed by atoms with Gasteiger partial charge in [0.15, 0.2) is 0 Å². The summed E-state index contributed by atoms with van der Waals surface area (Å²) >= 11 is 0. The fourth-order valence-corrected chi connectivity index (χ4v) is 4.02. The van der Waals surface area contributed by atoms with Crippen molar-refractivity contribution in [2.24, 2.45) is 0 Å².